The number of hydrogen-bond donors (Lipinski definition) is 0. The van der Waals surface area contributed by atoms with Gasteiger partial charge in [0.05, 0.1) is 0 Å². The monoisotopic (exact) mass is 271 g/mol. The second-order valence-corrected chi connectivity index (χ2v) is 5.56. The Kier molecular flexibility index (Phi) is 12.2. The Morgan fingerprint density at radius 2 is 0.923 bits per heavy atom. The van der Waals surface area contributed by atoms with Crippen LogP contribution in [0.5, 0.6) is 0 Å². The summed E-state index contributed by atoms with van der Waals surface area (Å²) < 4.78 is 18.9. The molecule has 0 rings (SSSR count). The van der Waals surface area contributed by atoms with Crippen molar-refractivity contribution >= 4 is 15.2 Å². The van der Waals surface area contributed by atoms with E-state index in [0.717, 1.165) is 0 Å². The van der Waals surface area contributed by atoms with Crippen LogP contribution in [0.1, 0.15) is 13.8 Å². The van der Waals surface area contributed by atoms with Gasteiger partial charge in [-0.2, -0.15) is 0 Å². The fraction of sp³-hybridized carbons (Fsp3) is 1.00. The van der Waals surface area contributed by atoms with Crippen molar-refractivity contribution in [3.63, 3.8) is 0 Å². The van der Waals surface area contributed by atoms with Gasteiger partial charge in [0.1, 0.15) is 0 Å². The molecule has 0 saturated heterocycles. The van der Waals surface area contributed by atoms with Gasteiger partial charge < -0.3 is 28.7 Å². The Hall–Kier alpha value is 0.819. The molecule has 0 aromatic rings. The van der Waals surface area contributed by atoms with E-state index in [1.807, 2.05) is 0 Å². The van der Waals surface area contributed by atoms with E-state index in [0.29, 0.717) is 0 Å². The van der Waals surface area contributed by atoms with E-state index >= 15 is 0 Å². The van der Waals surface area contributed by atoms with Gasteiger partial charge in [-0.3, -0.25) is 0 Å². The molecule has 0 aromatic carbocycles. The van der Waals surface area contributed by atoms with E-state index in [-0.39, 0.29) is 29.4 Å². The van der Waals surface area contributed by atoms with Crippen LogP contribution >= 0.6 is 15.2 Å². The van der Waals surface area contributed by atoms with Crippen LogP contribution in [0.4, 0.5) is 0 Å². The molecule has 0 N–H and O–H groups in total. The van der Waals surface area contributed by atoms with E-state index < -0.39 is 15.2 Å². The summed E-state index contributed by atoms with van der Waals surface area (Å²) in [6.07, 6.45) is -0.569. The van der Waals surface area contributed by atoms with Crippen molar-refractivity contribution in [2.24, 2.45) is 0 Å². The molecule has 0 spiro atoms. The molecule has 0 aliphatic heterocycles. The summed E-state index contributed by atoms with van der Waals surface area (Å²) in [5.41, 5.74) is 0. The SMILES string of the molecule is CCP(=O)([O-])[O-].CCP(=O)([O-])[O-].[Mn]. The van der Waals surface area contributed by atoms with Crippen molar-refractivity contribution in [2.45, 2.75) is 13.8 Å². The molecule has 6 nitrogen and oxygen atoms in total. The molecule has 0 aromatic heterocycles. The second-order valence-electron chi connectivity index (χ2n) is 1.85. The largest absolute Gasteiger partial charge is 0.811 e. The third-order valence-corrected chi connectivity index (χ3v) is 2.32. The molecule has 0 fully saturated rings. The van der Waals surface area contributed by atoms with Crippen LogP contribution < -0.4 is 19.6 Å². The Labute approximate surface area is 87.5 Å². The minimum absolute atomic E-state index is 0. The first-order valence-electron chi connectivity index (χ1n) is 3.14. The van der Waals surface area contributed by atoms with Crippen molar-refractivity contribution in [2.75, 3.05) is 12.3 Å². The second kappa shape index (κ2) is 8.15. The van der Waals surface area contributed by atoms with Crippen LogP contribution in [0.25, 0.3) is 0 Å². The first-order chi connectivity index (χ1) is 5.12. The standard InChI is InChI=1S/2C2H7O3P.Mn/c2*1-2-6(3,4)5;/h2*2H2,1H3,(H2,3,4,5);/p-4. The van der Waals surface area contributed by atoms with E-state index in [1.54, 1.807) is 0 Å². The fourth-order valence-corrected chi connectivity index (χ4v) is 0. The smallest absolute Gasteiger partial charge is 0 e. The van der Waals surface area contributed by atoms with Gasteiger partial charge in [-0.15, -0.1) is 0 Å². The third kappa shape index (κ3) is 32.3. The van der Waals surface area contributed by atoms with E-state index in [2.05, 4.69) is 0 Å². The van der Waals surface area contributed by atoms with Crippen LogP contribution in [0, 0.1) is 0 Å². The van der Waals surface area contributed by atoms with Crippen molar-refractivity contribution in [3.05, 3.63) is 0 Å². The van der Waals surface area contributed by atoms with Gasteiger partial charge >= 0.3 is 0 Å². The van der Waals surface area contributed by atoms with Gasteiger partial charge in [-0.1, -0.05) is 29.0 Å². The van der Waals surface area contributed by atoms with E-state index in [1.165, 1.54) is 13.8 Å². The van der Waals surface area contributed by atoms with Gasteiger partial charge in [0.25, 0.3) is 0 Å². The molecule has 0 heterocycles. The topological polar surface area (TPSA) is 126 Å². The van der Waals surface area contributed by atoms with Crippen molar-refractivity contribution in [1.29, 1.82) is 0 Å². The summed E-state index contributed by atoms with van der Waals surface area (Å²) in [7, 11) is -8.29. The van der Waals surface area contributed by atoms with Crippen molar-refractivity contribution in [1.82, 2.24) is 0 Å². The maximum Gasteiger partial charge on any atom is 0 e. The summed E-state index contributed by atoms with van der Waals surface area (Å²) >= 11 is 0. The molecule has 0 aliphatic carbocycles. The average Bonchev–Trinajstić information content (AvgIpc) is 1.86. The Bertz CT molecular complexity index is 173. The van der Waals surface area contributed by atoms with Crippen molar-refractivity contribution in [3.8, 4) is 0 Å². The molecular weight excluding hydrogens is 261 g/mol. The Balaban J connectivity index is -0.000000143. The van der Waals surface area contributed by atoms with Gasteiger partial charge in [0.15, 0.2) is 0 Å². The molecule has 0 bridgehead atoms. The normalized spacial score (nSPS) is 10.9. The Morgan fingerprint density at radius 1 is 0.846 bits per heavy atom. The molecule has 0 aliphatic rings. The number of rotatable bonds is 2. The summed E-state index contributed by atoms with van der Waals surface area (Å²) in [4.78, 5) is 37.9. The summed E-state index contributed by atoms with van der Waals surface area (Å²) in [6.45, 7) is 2.64. The summed E-state index contributed by atoms with van der Waals surface area (Å²) in [6, 6.07) is 0. The number of hydrogen-bond acceptors (Lipinski definition) is 6. The molecule has 83 valence electrons. The zero-order valence-electron chi connectivity index (χ0n) is 7.14. The molecule has 0 atom stereocenters. The first kappa shape index (κ1) is 19.4. The first-order valence-corrected chi connectivity index (χ1v) is 6.60. The molecular formula is C4H10MnO6P2-4. The maximum atomic E-state index is 9.47. The quantitative estimate of drug-likeness (QED) is 0.415. The summed E-state index contributed by atoms with van der Waals surface area (Å²) in [5, 5.41) is 0. The predicted molar refractivity (Wildman–Crippen MR) is 36.3 cm³/mol. The van der Waals surface area contributed by atoms with Crippen LogP contribution in [-0.4, -0.2) is 12.3 Å². The zero-order chi connectivity index (χ0) is 10.4. The van der Waals surface area contributed by atoms with Gasteiger partial charge in [0.2, 0.25) is 0 Å². The van der Waals surface area contributed by atoms with Crippen molar-refractivity contribution < 1.29 is 45.8 Å². The predicted octanol–water partition coefficient (Wildman–Crippen LogP) is -2.16. The van der Waals surface area contributed by atoms with Crippen LogP contribution in [-0.2, 0) is 26.2 Å². The molecule has 0 amide bonds. The van der Waals surface area contributed by atoms with E-state index in [9.17, 15) is 28.7 Å². The maximum absolute atomic E-state index is 9.47. The molecule has 9 heteroatoms. The van der Waals surface area contributed by atoms with Crippen LogP contribution in [0.2, 0.25) is 0 Å². The molecule has 0 saturated carbocycles. The Morgan fingerprint density at radius 3 is 0.923 bits per heavy atom. The van der Waals surface area contributed by atoms with Gasteiger partial charge in [-0.25, -0.2) is 0 Å². The minimum atomic E-state index is -4.15. The zero-order valence-corrected chi connectivity index (χ0v) is 10.1. The fourth-order valence-electron chi connectivity index (χ4n) is 0. The van der Waals surface area contributed by atoms with Gasteiger partial charge in [0, 0.05) is 17.1 Å². The average molecular weight is 271 g/mol. The molecule has 13 heavy (non-hydrogen) atoms. The van der Waals surface area contributed by atoms with Gasteiger partial charge in [-0.05, 0) is 12.3 Å². The minimum Gasteiger partial charge on any atom is -0.811 e. The van der Waals surface area contributed by atoms with Crippen LogP contribution in [0.15, 0.2) is 0 Å². The van der Waals surface area contributed by atoms with E-state index in [4.69, 9.17) is 0 Å². The molecule has 0 unspecified atom stereocenters. The third-order valence-electron chi connectivity index (χ3n) is 0.775. The molecule has 1 radical (unpaired) electrons. The van der Waals surface area contributed by atoms with Crippen LogP contribution in [0.3, 0.4) is 0 Å². The summed E-state index contributed by atoms with van der Waals surface area (Å²) in [5.74, 6) is 0.